The van der Waals surface area contributed by atoms with Crippen molar-refractivity contribution in [1.82, 2.24) is 4.98 Å². The van der Waals surface area contributed by atoms with E-state index in [4.69, 9.17) is 11.6 Å². The Bertz CT molecular complexity index is 288. The van der Waals surface area contributed by atoms with Crippen LogP contribution in [0.2, 0.25) is 4.47 Å². The molecule has 58 valence electrons. The smallest absolute Gasteiger partial charge is 0.184 e. The van der Waals surface area contributed by atoms with Gasteiger partial charge in [-0.05, 0) is 19.1 Å². The zero-order valence-corrected chi connectivity index (χ0v) is 7.75. The van der Waals surface area contributed by atoms with Gasteiger partial charge in [0.2, 0.25) is 0 Å². The fourth-order valence-electron chi connectivity index (χ4n) is 0.733. The summed E-state index contributed by atoms with van der Waals surface area (Å²) in [5, 5.41) is 0. The summed E-state index contributed by atoms with van der Waals surface area (Å²) in [5.41, 5.74) is 0.859. The van der Waals surface area contributed by atoms with Crippen LogP contribution >= 0.6 is 22.9 Å². The molecule has 0 atom stereocenters. The van der Waals surface area contributed by atoms with Crippen LogP contribution in [-0.2, 0) is 0 Å². The lowest BCUT2D eigenvalue weighted by Gasteiger charge is -1.84. The molecule has 0 aliphatic carbocycles. The zero-order chi connectivity index (χ0) is 8.27. The minimum Gasteiger partial charge on any atom is -0.225 e. The first-order valence-electron chi connectivity index (χ1n) is 3.19. The van der Waals surface area contributed by atoms with Crippen LogP contribution < -0.4 is 0 Å². The maximum Gasteiger partial charge on any atom is 0.184 e. The highest BCUT2D eigenvalue weighted by Crippen LogP contribution is 2.24. The van der Waals surface area contributed by atoms with Gasteiger partial charge < -0.3 is 0 Å². The molecule has 11 heavy (non-hydrogen) atoms. The van der Waals surface area contributed by atoms with Crippen molar-refractivity contribution in [3.8, 4) is 0 Å². The van der Waals surface area contributed by atoms with Crippen molar-refractivity contribution >= 4 is 35.1 Å². The van der Waals surface area contributed by atoms with Gasteiger partial charge in [-0.3, -0.25) is 0 Å². The third-order valence-corrected chi connectivity index (χ3v) is 2.31. The van der Waals surface area contributed by atoms with E-state index in [-0.39, 0.29) is 0 Å². The van der Waals surface area contributed by atoms with Crippen molar-refractivity contribution in [2.75, 3.05) is 0 Å². The summed E-state index contributed by atoms with van der Waals surface area (Å²) >= 11 is 7.17. The molecule has 0 spiro atoms. The molecule has 1 aromatic rings. The molecule has 0 saturated heterocycles. The standard InChI is InChI=1S/C8H8ClNS/c1-3-5-7-6(4-2)10-8(9)11-7/h3-5H,2H2,1H3. The molecule has 0 aromatic carbocycles. The second-order valence-electron chi connectivity index (χ2n) is 1.92. The number of allylic oxidation sites excluding steroid dienone is 1. The Morgan fingerprint density at radius 2 is 2.36 bits per heavy atom. The average Bonchev–Trinajstić information content (AvgIpc) is 2.32. The van der Waals surface area contributed by atoms with Gasteiger partial charge in [0.05, 0.1) is 10.6 Å². The number of rotatable bonds is 2. The number of halogens is 1. The van der Waals surface area contributed by atoms with E-state index in [2.05, 4.69) is 11.6 Å². The normalized spacial score (nSPS) is 10.7. The van der Waals surface area contributed by atoms with Gasteiger partial charge in [0.25, 0.3) is 0 Å². The molecule has 0 radical (unpaired) electrons. The van der Waals surface area contributed by atoms with E-state index in [9.17, 15) is 0 Å². The Morgan fingerprint density at radius 3 is 2.91 bits per heavy atom. The van der Waals surface area contributed by atoms with Crippen LogP contribution in [-0.4, -0.2) is 4.98 Å². The van der Waals surface area contributed by atoms with Gasteiger partial charge in [0.15, 0.2) is 4.47 Å². The van der Waals surface area contributed by atoms with Crippen molar-refractivity contribution in [3.63, 3.8) is 0 Å². The summed E-state index contributed by atoms with van der Waals surface area (Å²) in [7, 11) is 0. The maximum absolute atomic E-state index is 5.71. The Kier molecular flexibility index (Phi) is 2.85. The lowest BCUT2D eigenvalue weighted by Crippen LogP contribution is -1.71. The number of aromatic nitrogens is 1. The van der Waals surface area contributed by atoms with Crippen molar-refractivity contribution in [3.05, 3.63) is 27.7 Å². The van der Waals surface area contributed by atoms with E-state index in [0.717, 1.165) is 10.6 Å². The second-order valence-corrected chi connectivity index (χ2v) is 3.53. The third-order valence-electron chi connectivity index (χ3n) is 1.17. The summed E-state index contributed by atoms with van der Waals surface area (Å²) in [4.78, 5) is 5.12. The molecule has 0 aliphatic rings. The largest absolute Gasteiger partial charge is 0.225 e. The van der Waals surface area contributed by atoms with E-state index in [0.29, 0.717) is 4.47 Å². The molecule has 0 fully saturated rings. The van der Waals surface area contributed by atoms with E-state index in [1.165, 1.54) is 11.3 Å². The van der Waals surface area contributed by atoms with Crippen molar-refractivity contribution < 1.29 is 0 Å². The Hall–Kier alpha value is -0.600. The summed E-state index contributed by atoms with van der Waals surface area (Å²) in [5.74, 6) is 0. The van der Waals surface area contributed by atoms with Crippen LogP contribution in [0.25, 0.3) is 12.2 Å². The minimum absolute atomic E-state index is 0.563. The van der Waals surface area contributed by atoms with E-state index in [1.54, 1.807) is 6.08 Å². The fraction of sp³-hybridized carbons (Fsp3) is 0.125. The number of nitrogens with zero attached hydrogens (tertiary/aromatic N) is 1. The quantitative estimate of drug-likeness (QED) is 0.688. The zero-order valence-electron chi connectivity index (χ0n) is 6.17. The highest BCUT2D eigenvalue weighted by atomic mass is 35.5. The molecule has 1 rings (SSSR count). The van der Waals surface area contributed by atoms with Gasteiger partial charge in [-0.2, -0.15) is 0 Å². The molecule has 0 unspecified atom stereocenters. The van der Waals surface area contributed by atoms with E-state index in [1.807, 2.05) is 19.1 Å². The first kappa shape index (κ1) is 8.50. The molecule has 0 bridgehead atoms. The van der Waals surface area contributed by atoms with Crippen molar-refractivity contribution in [2.24, 2.45) is 0 Å². The highest BCUT2D eigenvalue weighted by molar-refractivity contribution is 7.16. The maximum atomic E-state index is 5.71. The lowest BCUT2D eigenvalue weighted by molar-refractivity contribution is 1.38. The van der Waals surface area contributed by atoms with Crippen LogP contribution in [0.1, 0.15) is 17.5 Å². The van der Waals surface area contributed by atoms with Gasteiger partial charge >= 0.3 is 0 Å². The van der Waals surface area contributed by atoms with Crippen LogP contribution in [0.15, 0.2) is 12.7 Å². The molecule has 1 heterocycles. The van der Waals surface area contributed by atoms with E-state index >= 15 is 0 Å². The van der Waals surface area contributed by atoms with Crippen LogP contribution in [0.3, 0.4) is 0 Å². The second kappa shape index (κ2) is 3.69. The molecule has 0 saturated carbocycles. The van der Waals surface area contributed by atoms with Gasteiger partial charge in [0, 0.05) is 0 Å². The lowest BCUT2D eigenvalue weighted by atomic mass is 10.3. The predicted molar refractivity (Wildman–Crippen MR) is 51.9 cm³/mol. The van der Waals surface area contributed by atoms with Gasteiger partial charge in [-0.25, -0.2) is 4.98 Å². The molecule has 3 heteroatoms. The Balaban J connectivity index is 3.11. The number of hydrogen-bond acceptors (Lipinski definition) is 2. The summed E-state index contributed by atoms with van der Waals surface area (Å²) in [6.45, 7) is 5.60. The third kappa shape index (κ3) is 1.91. The Labute approximate surface area is 75.0 Å². The SMILES string of the molecule is C=Cc1nc(Cl)sc1C=CC. The summed E-state index contributed by atoms with van der Waals surface area (Å²) in [6, 6.07) is 0. The highest BCUT2D eigenvalue weighted by Gasteiger charge is 2.02. The molecule has 0 amide bonds. The van der Waals surface area contributed by atoms with Crippen LogP contribution in [0, 0.1) is 0 Å². The fourth-order valence-corrected chi connectivity index (χ4v) is 1.84. The minimum atomic E-state index is 0.563. The molecule has 0 aliphatic heterocycles. The number of hydrogen-bond donors (Lipinski definition) is 0. The predicted octanol–water partition coefficient (Wildman–Crippen LogP) is 3.47. The van der Waals surface area contributed by atoms with Crippen LogP contribution in [0.4, 0.5) is 0 Å². The topological polar surface area (TPSA) is 12.9 Å². The van der Waals surface area contributed by atoms with E-state index < -0.39 is 0 Å². The van der Waals surface area contributed by atoms with Gasteiger partial charge in [-0.15, -0.1) is 11.3 Å². The van der Waals surface area contributed by atoms with Crippen molar-refractivity contribution in [1.29, 1.82) is 0 Å². The molecular weight excluding hydrogens is 178 g/mol. The molecular formula is C8H8ClNS. The summed E-state index contributed by atoms with van der Waals surface area (Å²) < 4.78 is 0.563. The Morgan fingerprint density at radius 1 is 1.64 bits per heavy atom. The molecule has 0 N–H and O–H groups in total. The first-order chi connectivity index (χ1) is 5.27. The molecule has 1 nitrogen and oxygen atoms in total. The average molecular weight is 186 g/mol. The summed E-state index contributed by atoms with van der Waals surface area (Å²) in [6.07, 6.45) is 5.63. The molecule has 1 aromatic heterocycles. The first-order valence-corrected chi connectivity index (χ1v) is 4.39. The van der Waals surface area contributed by atoms with Gasteiger partial charge in [0.1, 0.15) is 0 Å². The number of thiazole rings is 1. The van der Waals surface area contributed by atoms with Gasteiger partial charge in [-0.1, -0.05) is 24.3 Å². The van der Waals surface area contributed by atoms with Crippen LogP contribution in [0.5, 0.6) is 0 Å². The van der Waals surface area contributed by atoms with Crippen molar-refractivity contribution in [2.45, 2.75) is 6.92 Å². The monoisotopic (exact) mass is 185 g/mol.